The number of carbonyl (C=O) groups excluding carboxylic acids is 2. The molecule has 8 nitrogen and oxygen atoms in total. The van der Waals surface area contributed by atoms with E-state index in [4.69, 9.17) is 4.74 Å². The van der Waals surface area contributed by atoms with Gasteiger partial charge < -0.3 is 10.1 Å². The quantitative estimate of drug-likeness (QED) is 0.708. The van der Waals surface area contributed by atoms with Crippen LogP contribution in [0.1, 0.15) is 25.8 Å². The molecular weight excluding hydrogens is 334 g/mol. The summed E-state index contributed by atoms with van der Waals surface area (Å²) in [6, 6.07) is 6.33. The molecule has 0 aromatic heterocycles. The summed E-state index contributed by atoms with van der Waals surface area (Å²) in [5.41, 5.74) is 0.402. The summed E-state index contributed by atoms with van der Waals surface area (Å²) in [4.78, 5) is 27.5. The van der Waals surface area contributed by atoms with Crippen molar-refractivity contribution >= 4 is 27.7 Å². The molecule has 1 amide bonds. The van der Waals surface area contributed by atoms with Crippen molar-refractivity contribution in [3.8, 4) is 0 Å². The maximum Gasteiger partial charge on any atom is 0.328 e. The second kappa shape index (κ2) is 7.43. The van der Waals surface area contributed by atoms with Gasteiger partial charge in [0.25, 0.3) is 15.9 Å². The predicted molar refractivity (Wildman–Crippen MR) is 87.0 cm³/mol. The van der Waals surface area contributed by atoms with Gasteiger partial charge in [-0.2, -0.15) is 0 Å². The summed E-state index contributed by atoms with van der Waals surface area (Å²) in [6.45, 7) is 3.48. The zero-order valence-electron chi connectivity index (χ0n) is 13.4. The largest absolute Gasteiger partial charge is 0.451 e. The Morgan fingerprint density at radius 2 is 2.04 bits per heavy atom. The summed E-state index contributed by atoms with van der Waals surface area (Å²) >= 11 is 0. The Morgan fingerprint density at radius 1 is 1.33 bits per heavy atom. The highest BCUT2D eigenvalue weighted by Gasteiger charge is 2.30. The number of rotatable bonds is 6. The first-order chi connectivity index (χ1) is 11.3. The SMILES string of the molecule is CCCNC(=O)C(C)OC(=O)CN=C1NS(=O)(=O)c2ccccc21. The van der Waals surface area contributed by atoms with Crippen LogP contribution in [-0.2, 0) is 24.3 Å². The summed E-state index contributed by atoms with van der Waals surface area (Å²) in [5, 5.41) is 2.61. The molecule has 1 aliphatic rings. The fraction of sp³-hybridized carbons (Fsp3) is 0.400. The number of amides is 1. The van der Waals surface area contributed by atoms with E-state index < -0.39 is 28.6 Å². The Balaban J connectivity index is 1.99. The lowest BCUT2D eigenvalue weighted by Gasteiger charge is -2.12. The number of hydrogen-bond acceptors (Lipinski definition) is 6. The standard InChI is InChI=1S/C15H19N3O5S/c1-3-8-16-15(20)10(2)23-13(19)9-17-14-11-6-4-5-7-12(11)24(21,22)18-14/h4-7,10H,3,8-9H2,1-2H3,(H,16,20)(H,17,18). The van der Waals surface area contributed by atoms with Crippen LogP contribution in [-0.4, -0.2) is 45.3 Å². The smallest absolute Gasteiger partial charge is 0.328 e. The van der Waals surface area contributed by atoms with Crippen LogP contribution < -0.4 is 10.0 Å². The van der Waals surface area contributed by atoms with Crippen LogP contribution in [0, 0.1) is 0 Å². The number of aliphatic imine (C=N–C) groups is 1. The van der Waals surface area contributed by atoms with E-state index in [2.05, 4.69) is 15.0 Å². The minimum Gasteiger partial charge on any atom is -0.451 e. The first-order valence-corrected chi connectivity index (χ1v) is 8.97. The van der Waals surface area contributed by atoms with Gasteiger partial charge in [-0.3, -0.25) is 19.3 Å². The fourth-order valence-corrected chi connectivity index (χ4v) is 3.33. The van der Waals surface area contributed by atoms with Crippen molar-refractivity contribution in [2.24, 2.45) is 4.99 Å². The molecule has 130 valence electrons. The second-order valence-electron chi connectivity index (χ2n) is 5.19. The molecule has 0 saturated carbocycles. The van der Waals surface area contributed by atoms with Gasteiger partial charge in [-0.25, -0.2) is 8.42 Å². The van der Waals surface area contributed by atoms with Crippen molar-refractivity contribution in [2.75, 3.05) is 13.1 Å². The highest BCUT2D eigenvalue weighted by atomic mass is 32.2. The van der Waals surface area contributed by atoms with Crippen molar-refractivity contribution in [2.45, 2.75) is 31.3 Å². The highest BCUT2D eigenvalue weighted by Crippen LogP contribution is 2.21. The topological polar surface area (TPSA) is 114 Å². The number of benzene rings is 1. The molecule has 0 spiro atoms. The number of nitrogens with one attached hydrogen (secondary N) is 2. The lowest BCUT2D eigenvalue weighted by atomic mass is 10.2. The van der Waals surface area contributed by atoms with Gasteiger partial charge in [-0.05, 0) is 25.5 Å². The van der Waals surface area contributed by atoms with Crippen LogP contribution in [0.15, 0.2) is 34.2 Å². The molecule has 1 unspecified atom stereocenters. The third kappa shape index (κ3) is 4.10. The van der Waals surface area contributed by atoms with Gasteiger partial charge in [-0.15, -0.1) is 0 Å². The van der Waals surface area contributed by atoms with Crippen LogP contribution in [0.4, 0.5) is 0 Å². The minimum atomic E-state index is -3.65. The minimum absolute atomic E-state index is 0.0886. The van der Waals surface area contributed by atoms with Gasteiger partial charge in [0, 0.05) is 12.1 Å². The fourth-order valence-electron chi connectivity index (χ4n) is 2.07. The lowest BCUT2D eigenvalue weighted by Crippen LogP contribution is -2.36. The number of esters is 1. The second-order valence-corrected chi connectivity index (χ2v) is 6.84. The van der Waals surface area contributed by atoms with E-state index in [0.29, 0.717) is 12.1 Å². The molecule has 2 rings (SSSR count). The van der Waals surface area contributed by atoms with Crippen LogP contribution >= 0.6 is 0 Å². The number of sulfonamides is 1. The average Bonchev–Trinajstić information content (AvgIpc) is 2.82. The Labute approximate surface area is 140 Å². The normalized spacial score (nSPS) is 17.7. The van der Waals surface area contributed by atoms with Crippen molar-refractivity contribution in [1.82, 2.24) is 10.0 Å². The van der Waals surface area contributed by atoms with Crippen molar-refractivity contribution < 1.29 is 22.7 Å². The molecular formula is C15H19N3O5S. The molecule has 1 aromatic carbocycles. The molecule has 0 radical (unpaired) electrons. The molecule has 1 atom stereocenters. The van der Waals surface area contributed by atoms with Crippen molar-refractivity contribution in [1.29, 1.82) is 0 Å². The maximum atomic E-state index is 11.9. The van der Waals surface area contributed by atoms with Gasteiger partial charge in [0.1, 0.15) is 12.4 Å². The first-order valence-electron chi connectivity index (χ1n) is 7.49. The van der Waals surface area contributed by atoms with Crippen LogP contribution in [0.2, 0.25) is 0 Å². The molecule has 0 saturated heterocycles. The number of carbonyl (C=O) groups is 2. The summed E-state index contributed by atoms with van der Waals surface area (Å²) in [5.74, 6) is -1.01. The molecule has 2 N–H and O–H groups in total. The summed E-state index contributed by atoms with van der Waals surface area (Å²) < 4.78 is 31.1. The van der Waals surface area contributed by atoms with E-state index in [9.17, 15) is 18.0 Å². The Kier molecular flexibility index (Phi) is 5.55. The maximum absolute atomic E-state index is 11.9. The zero-order chi connectivity index (χ0) is 17.7. The zero-order valence-corrected chi connectivity index (χ0v) is 14.2. The monoisotopic (exact) mass is 353 g/mol. The lowest BCUT2D eigenvalue weighted by molar-refractivity contribution is -0.153. The van der Waals surface area contributed by atoms with Crippen LogP contribution in [0.25, 0.3) is 0 Å². The van der Waals surface area contributed by atoms with Gasteiger partial charge in [0.2, 0.25) is 0 Å². The number of ether oxygens (including phenoxy) is 1. The van der Waals surface area contributed by atoms with Gasteiger partial charge in [-0.1, -0.05) is 19.1 Å². The molecule has 1 aromatic rings. The van der Waals surface area contributed by atoms with Crippen molar-refractivity contribution in [3.63, 3.8) is 0 Å². The number of nitrogens with zero attached hydrogens (tertiary/aromatic N) is 1. The summed E-state index contributed by atoms with van der Waals surface area (Å²) in [6.07, 6.45) is -0.156. The van der Waals surface area contributed by atoms with E-state index in [0.717, 1.165) is 6.42 Å². The van der Waals surface area contributed by atoms with Gasteiger partial charge in [0.05, 0.1) is 4.90 Å². The molecule has 9 heteroatoms. The molecule has 1 aliphatic heterocycles. The van der Waals surface area contributed by atoms with Crippen molar-refractivity contribution in [3.05, 3.63) is 29.8 Å². The Hall–Kier alpha value is -2.42. The molecule has 24 heavy (non-hydrogen) atoms. The van der Waals surface area contributed by atoms with E-state index in [1.54, 1.807) is 18.2 Å². The van der Waals surface area contributed by atoms with E-state index >= 15 is 0 Å². The summed E-state index contributed by atoms with van der Waals surface area (Å²) in [7, 11) is -3.65. The average molecular weight is 353 g/mol. The third-order valence-electron chi connectivity index (χ3n) is 3.26. The van der Waals surface area contributed by atoms with E-state index in [-0.39, 0.29) is 16.6 Å². The molecule has 0 bridgehead atoms. The molecule has 0 aliphatic carbocycles. The predicted octanol–water partition coefficient (Wildman–Crippen LogP) is 0.183. The van der Waals surface area contributed by atoms with Crippen LogP contribution in [0.5, 0.6) is 0 Å². The third-order valence-corrected chi connectivity index (χ3v) is 4.65. The number of amidine groups is 1. The van der Waals surface area contributed by atoms with E-state index in [1.807, 2.05) is 6.92 Å². The first kappa shape index (κ1) is 17.9. The van der Waals surface area contributed by atoms with Gasteiger partial charge in [0.15, 0.2) is 6.10 Å². The Bertz CT molecular complexity index is 773. The highest BCUT2D eigenvalue weighted by molar-refractivity contribution is 7.90. The molecule has 0 fully saturated rings. The molecule has 1 heterocycles. The van der Waals surface area contributed by atoms with Gasteiger partial charge >= 0.3 is 5.97 Å². The number of hydrogen-bond donors (Lipinski definition) is 2. The Morgan fingerprint density at radius 3 is 2.75 bits per heavy atom. The van der Waals surface area contributed by atoms with Crippen LogP contribution in [0.3, 0.4) is 0 Å². The van der Waals surface area contributed by atoms with E-state index in [1.165, 1.54) is 13.0 Å². The number of fused-ring (bicyclic) bond motifs is 1.